The minimum Gasteiger partial charge on any atom is -0.493 e. The van der Waals surface area contributed by atoms with Crippen molar-refractivity contribution in [2.24, 2.45) is 0 Å². The molecule has 0 aromatic heterocycles. The Bertz CT molecular complexity index is 719. The van der Waals surface area contributed by atoms with Gasteiger partial charge in [-0.3, -0.25) is 4.79 Å². The Morgan fingerprint density at radius 1 is 0.957 bits per heavy atom. The predicted molar refractivity (Wildman–Crippen MR) is 95.0 cm³/mol. The van der Waals surface area contributed by atoms with E-state index in [2.05, 4.69) is 15.9 Å². The molecule has 0 atom stereocenters. The fourth-order valence-corrected chi connectivity index (χ4v) is 3.23. The second kappa shape index (κ2) is 7.60. The van der Waals surface area contributed by atoms with Crippen molar-refractivity contribution in [2.75, 3.05) is 0 Å². The number of hydrogen-bond acceptors (Lipinski definition) is 2. The number of allylic oxidation sites excluding steroid dienone is 2. The molecule has 0 saturated heterocycles. The molecule has 3 heteroatoms. The van der Waals surface area contributed by atoms with Crippen molar-refractivity contribution in [2.45, 2.75) is 32.3 Å². The Morgan fingerprint density at radius 3 is 2.48 bits per heavy atom. The number of rotatable bonds is 5. The molecule has 0 saturated carbocycles. The third-order valence-electron chi connectivity index (χ3n) is 4.06. The van der Waals surface area contributed by atoms with Gasteiger partial charge in [-0.25, -0.2) is 0 Å². The summed E-state index contributed by atoms with van der Waals surface area (Å²) in [5.41, 5.74) is 3.08. The lowest BCUT2D eigenvalue weighted by molar-refractivity contribution is -0.116. The summed E-state index contributed by atoms with van der Waals surface area (Å²) in [6.45, 7) is 0.517. The van der Waals surface area contributed by atoms with Gasteiger partial charge in [-0.2, -0.15) is 0 Å². The number of Topliss-reactive ketones (excluding diaryl/α,β-unsaturated/α-hetero) is 1. The summed E-state index contributed by atoms with van der Waals surface area (Å²) in [6, 6.07) is 18.1. The van der Waals surface area contributed by atoms with E-state index in [1.54, 1.807) is 0 Å². The molecule has 0 heterocycles. The normalized spacial score (nSPS) is 14.9. The van der Waals surface area contributed by atoms with Gasteiger partial charge in [-0.05, 0) is 23.6 Å². The first-order valence-electron chi connectivity index (χ1n) is 7.89. The monoisotopic (exact) mass is 370 g/mol. The largest absolute Gasteiger partial charge is 0.493 e. The highest BCUT2D eigenvalue weighted by Crippen LogP contribution is 2.29. The average Bonchev–Trinajstić information content (AvgIpc) is 2.58. The molecule has 0 aliphatic heterocycles. The van der Waals surface area contributed by atoms with E-state index in [4.69, 9.17) is 4.74 Å². The highest BCUT2D eigenvalue weighted by Gasteiger charge is 2.22. The van der Waals surface area contributed by atoms with Gasteiger partial charge in [-0.15, -0.1) is 0 Å². The number of carbonyl (C=O) groups is 1. The second-order valence-corrected chi connectivity index (χ2v) is 6.58. The molecule has 23 heavy (non-hydrogen) atoms. The minimum atomic E-state index is 0.218. The highest BCUT2D eigenvalue weighted by atomic mass is 79.9. The lowest BCUT2D eigenvalue weighted by atomic mass is 9.91. The van der Waals surface area contributed by atoms with Crippen molar-refractivity contribution in [1.29, 1.82) is 0 Å². The van der Waals surface area contributed by atoms with Crippen LogP contribution in [0.15, 0.2) is 70.4 Å². The summed E-state index contributed by atoms with van der Waals surface area (Å²) >= 11 is 3.56. The highest BCUT2D eigenvalue weighted by molar-refractivity contribution is 9.10. The summed E-state index contributed by atoms with van der Waals surface area (Å²) in [5, 5.41) is 0. The maximum absolute atomic E-state index is 12.4. The third kappa shape index (κ3) is 4.11. The lowest BCUT2D eigenvalue weighted by Crippen LogP contribution is -2.15. The van der Waals surface area contributed by atoms with Crippen molar-refractivity contribution in [3.63, 3.8) is 0 Å². The first kappa shape index (κ1) is 16.0. The van der Waals surface area contributed by atoms with Crippen molar-refractivity contribution in [3.05, 3.63) is 81.5 Å². The summed E-state index contributed by atoms with van der Waals surface area (Å²) in [5.74, 6) is 1.08. The van der Waals surface area contributed by atoms with E-state index in [9.17, 15) is 4.79 Å². The quantitative estimate of drug-likeness (QED) is 0.721. The van der Waals surface area contributed by atoms with Gasteiger partial charge in [-0.1, -0.05) is 64.5 Å². The molecular weight excluding hydrogens is 352 g/mol. The number of hydrogen-bond donors (Lipinski definition) is 0. The minimum absolute atomic E-state index is 0.218. The zero-order valence-electron chi connectivity index (χ0n) is 12.9. The molecule has 2 nitrogen and oxygen atoms in total. The molecule has 1 aliphatic rings. The van der Waals surface area contributed by atoms with Crippen LogP contribution in [0.4, 0.5) is 0 Å². The van der Waals surface area contributed by atoms with Gasteiger partial charge >= 0.3 is 0 Å². The van der Waals surface area contributed by atoms with Crippen LogP contribution in [-0.4, -0.2) is 5.78 Å². The van der Waals surface area contributed by atoms with E-state index in [1.165, 1.54) is 0 Å². The topological polar surface area (TPSA) is 26.3 Å². The average molecular weight is 371 g/mol. The summed E-state index contributed by atoms with van der Waals surface area (Å²) in [4.78, 5) is 12.4. The van der Waals surface area contributed by atoms with Crippen LogP contribution in [0.5, 0.6) is 0 Å². The van der Waals surface area contributed by atoms with Crippen LogP contribution in [0, 0.1) is 0 Å². The maximum Gasteiger partial charge on any atom is 0.162 e. The SMILES string of the molecule is O=C1CCCC(OCc2ccccc2)=C1Cc1ccccc1Br. The molecule has 0 spiro atoms. The molecule has 0 radical (unpaired) electrons. The second-order valence-electron chi connectivity index (χ2n) is 5.72. The molecular formula is C20H19BrO2. The number of benzene rings is 2. The van der Waals surface area contributed by atoms with E-state index in [0.717, 1.165) is 39.8 Å². The lowest BCUT2D eigenvalue weighted by Gasteiger charge is -2.20. The molecule has 0 bridgehead atoms. The van der Waals surface area contributed by atoms with Crippen molar-refractivity contribution >= 4 is 21.7 Å². The van der Waals surface area contributed by atoms with Gasteiger partial charge in [0.05, 0.1) is 0 Å². The van der Waals surface area contributed by atoms with Crippen LogP contribution < -0.4 is 0 Å². The number of ketones is 1. The fraction of sp³-hybridized carbons (Fsp3) is 0.250. The first-order chi connectivity index (χ1) is 11.2. The Morgan fingerprint density at radius 2 is 1.70 bits per heavy atom. The third-order valence-corrected chi connectivity index (χ3v) is 4.84. The zero-order chi connectivity index (χ0) is 16.1. The number of carbonyl (C=O) groups excluding carboxylic acids is 1. The van der Waals surface area contributed by atoms with Gasteiger partial charge in [0.25, 0.3) is 0 Å². The molecule has 0 N–H and O–H groups in total. The molecule has 0 fully saturated rings. The van der Waals surface area contributed by atoms with E-state index >= 15 is 0 Å². The van der Waals surface area contributed by atoms with Crippen molar-refractivity contribution < 1.29 is 9.53 Å². The molecule has 0 unspecified atom stereocenters. The standard InChI is InChI=1S/C20H19BrO2/c21-18-10-5-4-9-16(18)13-17-19(22)11-6-12-20(17)23-14-15-7-2-1-3-8-15/h1-5,7-10H,6,11-14H2. The Balaban J connectivity index is 1.81. The van der Waals surface area contributed by atoms with E-state index in [1.807, 2.05) is 54.6 Å². The first-order valence-corrected chi connectivity index (χ1v) is 8.68. The van der Waals surface area contributed by atoms with Gasteiger partial charge in [0.2, 0.25) is 0 Å². The van der Waals surface area contributed by atoms with E-state index in [-0.39, 0.29) is 5.78 Å². The smallest absolute Gasteiger partial charge is 0.162 e. The zero-order valence-corrected chi connectivity index (χ0v) is 14.5. The van der Waals surface area contributed by atoms with Crippen LogP contribution in [0.2, 0.25) is 0 Å². The maximum atomic E-state index is 12.4. The summed E-state index contributed by atoms with van der Waals surface area (Å²) in [7, 11) is 0. The molecule has 0 amide bonds. The van der Waals surface area contributed by atoms with Gasteiger partial charge in [0.15, 0.2) is 5.78 Å². The van der Waals surface area contributed by atoms with Crippen LogP contribution in [-0.2, 0) is 22.6 Å². The van der Waals surface area contributed by atoms with Gasteiger partial charge in [0.1, 0.15) is 12.4 Å². The van der Waals surface area contributed by atoms with Crippen LogP contribution >= 0.6 is 15.9 Å². The Labute approximate surface area is 145 Å². The molecule has 118 valence electrons. The summed E-state index contributed by atoms with van der Waals surface area (Å²) < 4.78 is 7.04. The van der Waals surface area contributed by atoms with Crippen molar-refractivity contribution in [3.8, 4) is 0 Å². The Kier molecular flexibility index (Phi) is 5.29. The van der Waals surface area contributed by atoms with E-state index in [0.29, 0.717) is 19.4 Å². The van der Waals surface area contributed by atoms with Crippen LogP contribution in [0.25, 0.3) is 0 Å². The van der Waals surface area contributed by atoms with Crippen LogP contribution in [0.3, 0.4) is 0 Å². The summed E-state index contributed by atoms with van der Waals surface area (Å²) in [6.07, 6.45) is 2.98. The van der Waals surface area contributed by atoms with Crippen molar-refractivity contribution in [1.82, 2.24) is 0 Å². The van der Waals surface area contributed by atoms with E-state index < -0.39 is 0 Å². The van der Waals surface area contributed by atoms with Gasteiger partial charge in [0, 0.05) is 29.3 Å². The number of ether oxygens (including phenoxy) is 1. The fourth-order valence-electron chi connectivity index (χ4n) is 2.80. The molecule has 1 aliphatic carbocycles. The van der Waals surface area contributed by atoms with Crippen LogP contribution in [0.1, 0.15) is 30.4 Å². The Hall–Kier alpha value is -1.87. The molecule has 2 aromatic carbocycles. The predicted octanol–water partition coefficient (Wildman–Crippen LogP) is 5.22. The number of halogens is 1. The van der Waals surface area contributed by atoms with Gasteiger partial charge < -0.3 is 4.74 Å². The molecule has 2 aromatic rings. The molecule has 3 rings (SSSR count).